The van der Waals surface area contributed by atoms with E-state index in [0.717, 1.165) is 36.2 Å². The molecule has 0 saturated carbocycles. The van der Waals surface area contributed by atoms with Crippen LogP contribution in [-0.4, -0.2) is 18.5 Å². The number of rotatable bonds is 2. The van der Waals surface area contributed by atoms with Crippen molar-refractivity contribution < 1.29 is 4.79 Å². The standard InChI is InChI=1S/C15H22N2O/c1-10-5-4-6-11(2)14(10)17-15(18)13-7-8-16-12(3)9-13/h4-6,12-13,16H,7-9H2,1-3H3,(H,17,18)/t12-,13-/m0/s1. The average Bonchev–Trinajstić information content (AvgIpc) is 2.34. The van der Waals surface area contributed by atoms with Crippen LogP contribution in [0.15, 0.2) is 18.2 Å². The molecule has 0 unspecified atom stereocenters. The van der Waals surface area contributed by atoms with Gasteiger partial charge >= 0.3 is 0 Å². The average molecular weight is 246 g/mol. The largest absolute Gasteiger partial charge is 0.325 e. The quantitative estimate of drug-likeness (QED) is 0.842. The summed E-state index contributed by atoms with van der Waals surface area (Å²) in [6.45, 7) is 7.14. The summed E-state index contributed by atoms with van der Waals surface area (Å²) in [5.41, 5.74) is 3.24. The minimum atomic E-state index is 0.139. The summed E-state index contributed by atoms with van der Waals surface area (Å²) >= 11 is 0. The van der Waals surface area contributed by atoms with Crippen LogP contribution in [0.25, 0.3) is 0 Å². The number of hydrogen-bond donors (Lipinski definition) is 2. The molecule has 18 heavy (non-hydrogen) atoms. The van der Waals surface area contributed by atoms with E-state index in [4.69, 9.17) is 0 Å². The molecule has 1 aliphatic heterocycles. The van der Waals surface area contributed by atoms with E-state index in [1.54, 1.807) is 0 Å². The zero-order valence-corrected chi connectivity index (χ0v) is 11.4. The Labute approximate surface area is 109 Å². The van der Waals surface area contributed by atoms with Crippen molar-refractivity contribution in [1.82, 2.24) is 5.32 Å². The molecule has 0 radical (unpaired) electrons. The van der Waals surface area contributed by atoms with Crippen LogP contribution in [0.4, 0.5) is 5.69 Å². The van der Waals surface area contributed by atoms with E-state index in [9.17, 15) is 4.79 Å². The maximum atomic E-state index is 12.3. The van der Waals surface area contributed by atoms with Crippen LogP contribution >= 0.6 is 0 Å². The maximum absolute atomic E-state index is 12.3. The summed E-state index contributed by atoms with van der Waals surface area (Å²) in [6.07, 6.45) is 1.86. The lowest BCUT2D eigenvalue weighted by atomic mass is 9.92. The summed E-state index contributed by atoms with van der Waals surface area (Å²) in [6, 6.07) is 6.53. The van der Waals surface area contributed by atoms with Crippen LogP contribution in [0.1, 0.15) is 30.9 Å². The van der Waals surface area contributed by atoms with Gasteiger partial charge < -0.3 is 10.6 Å². The second-order valence-corrected chi connectivity index (χ2v) is 5.33. The van der Waals surface area contributed by atoms with Crippen molar-refractivity contribution in [2.24, 2.45) is 5.92 Å². The van der Waals surface area contributed by atoms with Crippen molar-refractivity contribution in [1.29, 1.82) is 0 Å². The van der Waals surface area contributed by atoms with Crippen molar-refractivity contribution in [3.05, 3.63) is 29.3 Å². The van der Waals surface area contributed by atoms with Gasteiger partial charge in [-0.25, -0.2) is 0 Å². The zero-order chi connectivity index (χ0) is 13.1. The molecular weight excluding hydrogens is 224 g/mol. The molecule has 98 valence electrons. The fraction of sp³-hybridized carbons (Fsp3) is 0.533. The first-order valence-corrected chi connectivity index (χ1v) is 6.68. The summed E-state index contributed by atoms with van der Waals surface area (Å²) in [7, 11) is 0. The number of para-hydroxylation sites is 1. The molecule has 0 aromatic heterocycles. The second-order valence-electron chi connectivity index (χ2n) is 5.33. The third-order valence-electron chi connectivity index (χ3n) is 3.72. The molecule has 2 atom stereocenters. The lowest BCUT2D eigenvalue weighted by Crippen LogP contribution is -2.40. The molecule has 3 nitrogen and oxygen atoms in total. The molecule has 1 fully saturated rings. The normalized spacial score (nSPS) is 23.7. The van der Waals surface area contributed by atoms with Gasteiger partial charge in [-0.05, 0) is 51.3 Å². The number of hydrogen-bond acceptors (Lipinski definition) is 2. The lowest BCUT2D eigenvalue weighted by molar-refractivity contribution is -0.120. The first-order chi connectivity index (χ1) is 8.58. The van der Waals surface area contributed by atoms with Crippen molar-refractivity contribution >= 4 is 11.6 Å². The number of piperidine rings is 1. The Bertz CT molecular complexity index is 422. The Morgan fingerprint density at radius 1 is 1.33 bits per heavy atom. The van der Waals surface area contributed by atoms with E-state index in [1.165, 1.54) is 0 Å². The Kier molecular flexibility index (Phi) is 4.02. The summed E-state index contributed by atoms with van der Waals surface area (Å²) in [4.78, 5) is 12.3. The molecule has 1 saturated heterocycles. The van der Waals surface area contributed by atoms with E-state index in [2.05, 4.69) is 17.6 Å². The molecule has 1 aliphatic rings. The van der Waals surface area contributed by atoms with E-state index in [1.807, 2.05) is 32.0 Å². The second kappa shape index (κ2) is 5.53. The van der Waals surface area contributed by atoms with E-state index in [-0.39, 0.29) is 11.8 Å². The van der Waals surface area contributed by atoms with Gasteiger partial charge in [-0.1, -0.05) is 18.2 Å². The number of anilines is 1. The number of carbonyl (C=O) groups is 1. The predicted octanol–water partition coefficient (Wildman–Crippen LogP) is 2.63. The van der Waals surface area contributed by atoms with Gasteiger partial charge in [0.15, 0.2) is 0 Å². The highest BCUT2D eigenvalue weighted by Gasteiger charge is 2.25. The van der Waals surface area contributed by atoms with Gasteiger partial charge in [-0.15, -0.1) is 0 Å². The lowest BCUT2D eigenvalue weighted by Gasteiger charge is -2.27. The predicted molar refractivity (Wildman–Crippen MR) is 74.7 cm³/mol. The number of amides is 1. The topological polar surface area (TPSA) is 41.1 Å². The Hall–Kier alpha value is -1.35. The molecule has 0 bridgehead atoms. The maximum Gasteiger partial charge on any atom is 0.227 e. The van der Waals surface area contributed by atoms with Gasteiger partial charge in [0.05, 0.1) is 0 Å². The van der Waals surface area contributed by atoms with Gasteiger partial charge in [0, 0.05) is 17.6 Å². The minimum Gasteiger partial charge on any atom is -0.325 e. The van der Waals surface area contributed by atoms with E-state index in [0.29, 0.717) is 6.04 Å². The number of benzene rings is 1. The van der Waals surface area contributed by atoms with Crippen molar-refractivity contribution in [3.8, 4) is 0 Å². The molecule has 1 aromatic carbocycles. The molecule has 3 heteroatoms. The van der Waals surface area contributed by atoms with Crippen LogP contribution in [0.2, 0.25) is 0 Å². The molecule has 1 amide bonds. The van der Waals surface area contributed by atoms with Gasteiger partial charge in [-0.3, -0.25) is 4.79 Å². The summed E-state index contributed by atoms with van der Waals surface area (Å²) in [5.74, 6) is 0.306. The smallest absolute Gasteiger partial charge is 0.227 e. The highest BCUT2D eigenvalue weighted by Crippen LogP contribution is 2.23. The first-order valence-electron chi connectivity index (χ1n) is 6.68. The third kappa shape index (κ3) is 2.91. The molecule has 0 aliphatic carbocycles. The summed E-state index contributed by atoms with van der Waals surface area (Å²) < 4.78 is 0. The zero-order valence-electron chi connectivity index (χ0n) is 11.4. The monoisotopic (exact) mass is 246 g/mol. The van der Waals surface area contributed by atoms with Gasteiger partial charge in [0.2, 0.25) is 5.91 Å². The molecule has 1 heterocycles. The Balaban J connectivity index is 2.07. The molecule has 2 rings (SSSR count). The number of nitrogens with one attached hydrogen (secondary N) is 2. The summed E-state index contributed by atoms with van der Waals surface area (Å²) in [5, 5.41) is 6.48. The van der Waals surface area contributed by atoms with Crippen molar-refractivity contribution in [2.75, 3.05) is 11.9 Å². The van der Waals surface area contributed by atoms with Crippen LogP contribution in [0.5, 0.6) is 0 Å². The van der Waals surface area contributed by atoms with E-state index >= 15 is 0 Å². The molecule has 1 aromatic rings. The van der Waals surface area contributed by atoms with Gasteiger partial charge in [0.1, 0.15) is 0 Å². The van der Waals surface area contributed by atoms with Gasteiger partial charge in [-0.2, -0.15) is 0 Å². The SMILES string of the molecule is Cc1cccc(C)c1NC(=O)[C@H]1CCN[C@@H](C)C1. The van der Waals surface area contributed by atoms with Gasteiger partial charge in [0.25, 0.3) is 0 Å². The Morgan fingerprint density at radius 3 is 2.61 bits per heavy atom. The van der Waals surface area contributed by atoms with Crippen LogP contribution in [0.3, 0.4) is 0 Å². The Morgan fingerprint density at radius 2 is 2.00 bits per heavy atom. The van der Waals surface area contributed by atoms with E-state index < -0.39 is 0 Å². The minimum absolute atomic E-state index is 0.139. The van der Waals surface area contributed by atoms with Crippen LogP contribution in [-0.2, 0) is 4.79 Å². The highest BCUT2D eigenvalue weighted by atomic mass is 16.1. The molecule has 2 N–H and O–H groups in total. The van der Waals surface area contributed by atoms with Crippen molar-refractivity contribution in [3.63, 3.8) is 0 Å². The first kappa shape index (κ1) is 13.1. The fourth-order valence-electron chi connectivity index (χ4n) is 2.61. The fourth-order valence-corrected chi connectivity index (χ4v) is 2.61. The molecular formula is C15H22N2O. The van der Waals surface area contributed by atoms with Crippen LogP contribution < -0.4 is 10.6 Å². The van der Waals surface area contributed by atoms with Crippen LogP contribution in [0, 0.1) is 19.8 Å². The van der Waals surface area contributed by atoms with Crippen molar-refractivity contribution in [2.45, 2.75) is 39.7 Å². The number of carbonyl (C=O) groups excluding carboxylic acids is 1. The number of aryl methyl sites for hydroxylation is 2. The highest BCUT2D eigenvalue weighted by molar-refractivity contribution is 5.94. The molecule has 0 spiro atoms. The third-order valence-corrected chi connectivity index (χ3v) is 3.72.